The van der Waals surface area contributed by atoms with Gasteiger partial charge in [-0.1, -0.05) is 6.07 Å². The fraction of sp³-hybridized carbons (Fsp3) is 0.400. The summed E-state index contributed by atoms with van der Waals surface area (Å²) in [4.78, 5) is 0. The van der Waals surface area contributed by atoms with Gasteiger partial charge in [-0.15, -0.1) is 0 Å². The molecule has 1 saturated carbocycles. The van der Waals surface area contributed by atoms with Gasteiger partial charge < -0.3 is 5.11 Å². The molecule has 0 unspecified atom stereocenters. The molecule has 5 heteroatoms. The van der Waals surface area contributed by atoms with Crippen molar-refractivity contribution in [1.82, 2.24) is 0 Å². The van der Waals surface area contributed by atoms with Crippen LogP contribution in [0.15, 0.2) is 24.3 Å². The van der Waals surface area contributed by atoms with Crippen molar-refractivity contribution in [3.8, 4) is 5.75 Å². The van der Waals surface area contributed by atoms with Gasteiger partial charge in [-0.25, -0.2) is 8.42 Å². The van der Waals surface area contributed by atoms with Gasteiger partial charge in [0, 0.05) is 13.1 Å². The van der Waals surface area contributed by atoms with E-state index in [9.17, 15) is 13.5 Å². The molecule has 1 N–H and O–H groups in total. The normalized spacial score (nSPS) is 16.3. The fourth-order valence-corrected chi connectivity index (χ4v) is 3.01. The Kier molecular flexibility index (Phi) is 2.34. The minimum Gasteiger partial charge on any atom is -0.508 e. The lowest BCUT2D eigenvalue weighted by atomic mass is 10.3. The van der Waals surface area contributed by atoms with Crippen LogP contribution in [0.1, 0.15) is 12.8 Å². The first-order chi connectivity index (χ1) is 7.01. The van der Waals surface area contributed by atoms with E-state index >= 15 is 0 Å². The number of aromatic hydroxyl groups is 1. The second-order valence-corrected chi connectivity index (χ2v) is 5.98. The van der Waals surface area contributed by atoms with Gasteiger partial charge in [0.2, 0.25) is 10.0 Å². The number of sulfonamides is 1. The topological polar surface area (TPSA) is 57.6 Å². The molecule has 1 aliphatic carbocycles. The van der Waals surface area contributed by atoms with Crippen molar-refractivity contribution in [2.75, 3.05) is 11.4 Å². The lowest BCUT2D eigenvalue weighted by Gasteiger charge is -2.19. The lowest BCUT2D eigenvalue weighted by molar-refractivity contribution is 0.475. The highest BCUT2D eigenvalue weighted by Crippen LogP contribution is 2.33. The Morgan fingerprint density at radius 3 is 2.60 bits per heavy atom. The Morgan fingerprint density at radius 2 is 2.07 bits per heavy atom. The predicted octanol–water partition coefficient (Wildman–Crippen LogP) is 1.32. The third-order valence-electron chi connectivity index (χ3n) is 2.52. The van der Waals surface area contributed by atoms with E-state index in [-0.39, 0.29) is 11.0 Å². The van der Waals surface area contributed by atoms with Crippen LogP contribution in [0, 0.1) is 0 Å². The molecule has 1 aromatic carbocycles. The average molecular weight is 227 g/mol. The highest BCUT2D eigenvalue weighted by atomic mass is 32.2. The first-order valence-corrected chi connectivity index (χ1v) is 6.29. The van der Waals surface area contributed by atoms with Gasteiger partial charge in [0.25, 0.3) is 0 Å². The highest BCUT2D eigenvalue weighted by molar-refractivity contribution is 7.93. The molecule has 0 aromatic heterocycles. The number of hydrogen-bond donors (Lipinski definition) is 1. The molecule has 0 amide bonds. The summed E-state index contributed by atoms with van der Waals surface area (Å²) in [5.74, 6) is 0.0744. The zero-order valence-electron chi connectivity index (χ0n) is 8.42. The quantitative estimate of drug-likeness (QED) is 0.847. The van der Waals surface area contributed by atoms with Crippen molar-refractivity contribution < 1.29 is 13.5 Å². The number of rotatable bonds is 3. The van der Waals surface area contributed by atoms with E-state index in [1.54, 1.807) is 12.1 Å². The molecular formula is C10H13NO3S. The zero-order chi connectivity index (χ0) is 11.1. The molecule has 0 saturated heterocycles. The van der Waals surface area contributed by atoms with Crippen LogP contribution < -0.4 is 4.31 Å². The first-order valence-electron chi connectivity index (χ1n) is 4.78. The Morgan fingerprint density at radius 1 is 1.40 bits per heavy atom. The molecule has 4 nitrogen and oxygen atoms in total. The van der Waals surface area contributed by atoms with Crippen molar-refractivity contribution in [2.24, 2.45) is 0 Å². The molecule has 82 valence electrons. The van der Waals surface area contributed by atoms with Crippen molar-refractivity contribution in [2.45, 2.75) is 18.1 Å². The second kappa shape index (κ2) is 3.41. The van der Waals surface area contributed by atoms with Gasteiger partial charge in [-0.05, 0) is 25.0 Å². The fourth-order valence-electron chi connectivity index (χ4n) is 1.43. The maximum atomic E-state index is 11.8. The lowest BCUT2D eigenvalue weighted by Crippen LogP contribution is -2.29. The monoisotopic (exact) mass is 227 g/mol. The van der Waals surface area contributed by atoms with Gasteiger partial charge in [0.15, 0.2) is 0 Å². The molecule has 2 rings (SSSR count). The predicted molar refractivity (Wildman–Crippen MR) is 58.5 cm³/mol. The van der Waals surface area contributed by atoms with E-state index in [1.165, 1.54) is 23.5 Å². The summed E-state index contributed by atoms with van der Waals surface area (Å²) in [5, 5.41) is 9.03. The van der Waals surface area contributed by atoms with Gasteiger partial charge in [-0.3, -0.25) is 4.31 Å². The van der Waals surface area contributed by atoms with Crippen LogP contribution in [-0.2, 0) is 10.0 Å². The van der Waals surface area contributed by atoms with E-state index in [1.807, 2.05) is 0 Å². The van der Waals surface area contributed by atoms with E-state index < -0.39 is 10.0 Å². The number of nitrogens with zero attached hydrogens (tertiary/aromatic N) is 1. The molecule has 0 heterocycles. The molecule has 0 aliphatic heterocycles. The van der Waals surface area contributed by atoms with E-state index in [0.29, 0.717) is 5.69 Å². The van der Waals surface area contributed by atoms with Gasteiger partial charge >= 0.3 is 0 Å². The van der Waals surface area contributed by atoms with Gasteiger partial charge in [0.05, 0.1) is 10.9 Å². The average Bonchev–Trinajstić information content (AvgIpc) is 2.99. The van der Waals surface area contributed by atoms with Crippen LogP contribution in [0.5, 0.6) is 5.75 Å². The Balaban J connectivity index is 2.31. The van der Waals surface area contributed by atoms with Crippen LogP contribution in [0.2, 0.25) is 0 Å². The molecule has 0 radical (unpaired) electrons. The minimum atomic E-state index is -3.21. The molecular weight excluding hydrogens is 214 g/mol. The third-order valence-corrected chi connectivity index (χ3v) is 4.81. The maximum Gasteiger partial charge on any atom is 0.237 e. The van der Waals surface area contributed by atoms with Gasteiger partial charge in [-0.2, -0.15) is 0 Å². The second-order valence-electron chi connectivity index (χ2n) is 3.73. The SMILES string of the molecule is CN(c1cccc(O)c1)S(=O)(=O)C1CC1. The molecule has 0 bridgehead atoms. The third kappa shape index (κ3) is 1.92. The molecule has 15 heavy (non-hydrogen) atoms. The molecule has 1 aromatic rings. The van der Waals surface area contributed by atoms with E-state index in [2.05, 4.69) is 0 Å². The van der Waals surface area contributed by atoms with E-state index in [0.717, 1.165) is 12.8 Å². The first kappa shape index (κ1) is 10.3. The Bertz CT molecular complexity index is 465. The molecule has 0 spiro atoms. The molecule has 1 aliphatic rings. The number of anilines is 1. The van der Waals surface area contributed by atoms with Crippen LogP contribution in [0.4, 0.5) is 5.69 Å². The van der Waals surface area contributed by atoms with Crippen LogP contribution in [-0.4, -0.2) is 25.8 Å². The number of hydrogen-bond acceptors (Lipinski definition) is 3. The summed E-state index contributed by atoms with van der Waals surface area (Å²) in [7, 11) is -1.70. The van der Waals surface area contributed by atoms with Crippen molar-refractivity contribution in [3.63, 3.8) is 0 Å². The number of phenols is 1. The zero-order valence-corrected chi connectivity index (χ0v) is 9.24. The summed E-state index contributed by atoms with van der Waals surface area (Å²) >= 11 is 0. The van der Waals surface area contributed by atoms with Crippen LogP contribution in [0.25, 0.3) is 0 Å². The summed E-state index contributed by atoms with van der Waals surface area (Å²) < 4.78 is 24.9. The van der Waals surface area contributed by atoms with Gasteiger partial charge in [0.1, 0.15) is 5.75 Å². The number of phenolic OH excluding ortho intramolecular Hbond substituents is 1. The maximum absolute atomic E-state index is 11.8. The van der Waals surface area contributed by atoms with Crippen molar-refractivity contribution in [1.29, 1.82) is 0 Å². The van der Waals surface area contributed by atoms with E-state index in [4.69, 9.17) is 0 Å². The molecule has 0 atom stereocenters. The number of benzene rings is 1. The standard InChI is InChI=1S/C10H13NO3S/c1-11(15(13,14)10-5-6-10)8-3-2-4-9(12)7-8/h2-4,7,10,12H,5-6H2,1H3. The largest absolute Gasteiger partial charge is 0.508 e. The van der Waals surface area contributed by atoms with Crippen molar-refractivity contribution >= 4 is 15.7 Å². The summed E-state index contributed by atoms with van der Waals surface area (Å²) in [6, 6.07) is 6.25. The summed E-state index contributed by atoms with van der Waals surface area (Å²) in [6.45, 7) is 0. The highest BCUT2D eigenvalue weighted by Gasteiger charge is 2.38. The minimum absolute atomic E-state index is 0.0744. The smallest absolute Gasteiger partial charge is 0.237 e. The van der Waals surface area contributed by atoms with Crippen molar-refractivity contribution in [3.05, 3.63) is 24.3 Å². The van der Waals surface area contributed by atoms with Crippen LogP contribution in [0.3, 0.4) is 0 Å². The summed E-state index contributed by atoms with van der Waals surface area (Å²) in [6.07, 6.45) is 1.48. The Hall–Kier alpha value is -1.23. The summed E-state index contributed by atoms with van der Waals surface area (Å²) in [5.41, 5.74) is 0.502. The Labute approximate surface area is 89.2 Å². The molecule has 1 fully saturated rings. The van der Waals surface area contributed by atoms with Crippen LogP contribution >= 0.6 is 0 Å².